The lowest BCUT2D eigenvalue weighted by atomic mass is 9.87. The summed E-state index contributed by atoms with van der Waals surface area (Å²) in [4.78, 5) is 0. The highest BCUT2D eigenvalue weighted by atomic mass is 16.3. The molecule has 1 atom stereocenters. The number of rotatable bonds is 3. The van der Waals surface area contributed by atoms with Crippen LogP contribution in [0.1, 0.15) is 51.1 Å². The van der Waals surface area contributed by atoms with Gasteiger partial charge in [-0.15, -0.1) is 0 Å². The van der Waals surface area contributed by atoms with Crippen LogP contribution in [-0.2, 0) is 0 Å². The zero-order valence-corrected chi connectivity index (χ0v) is 10.8. The first-order valence-corrected chi connectivity index (χ1v) is 6.70. The molecule has 17 heavy (non-hydrogen) atoms. The summed E-state index contributed by atoms with van der Waals surface area (Å²) in [5.41, 5.74) is 1.17. The predicted octanol–water partition coefficient (Wildman–Crippen LogP) is 3.62. The Morgan fingerprint density at radius 2 is 1.94 bits per heavy atom. The Hall–Kier alpha value is -1.02. The average molecular weight is 233 g/mol. The fourth-order valence-corrected chi connectivity index (χ4v) is 2.67. The summed E-state index contributed by atoms with van der Waals surface area (Å²) in [6.07, 6.45) is 5.24. The lowest BCUT2D eigenvalue weighted by Gasteiger charge is -2.29. The van der Waals surface area contributed by atoms with Crippen LogP contribution >= 0.6 is 0 Å². The van der Waals surface area contributed by atoms with E-state index in [9.17, 15) is 5.11 Å². The summed E-state index contributed by atoms with van der Waals surface area (Å²) in [5.74, 6) is 1.25. The van der Waals surface area contributed by atoms with E-state index in [0.717, 1.165) is 5.92 Å². The van der Waals surface area contributed by atoms with Crippen molar-refractivity contribution >= 4 is 0 Å². The van der Waals surface area contributed by atoms with E-state index in [2.05, 4.69) is 25.2 Å². The molecule has 0 aliphatic heterocycles. The molecule has 0 bridgehead atoms. The van der Waals surface area contributed by atoms with Crippen molar-refractivity contribution in [2.24, 2.45) is 5.92 Å². The number of nitrogens with one attached hydrogen (secondary N) is 1. The Morgan fingerprint density at radius 3 is 2.59 bits per heavy atom. The molecule has 0 saturated heterocycles. The number of hydrogen-bond acceptors (Lipinski definition) is 2. The van der Waals surface area contributed by atoms with Crippen LogP contribution < -0.4 is 5.32 Å². The first kappa shape index (κ1) is 12.4. The van der Waals surface area contributed by atoms with Crippen LogP contribution in [0, 0.1) is 5.92 Å². The van der Waals surface area contributed by atoms with Crippen molar-refractivity contribution < 1.29 is 5.11 Å². The molecule has 1 aromatic rings. The van der Waals surface area contributed by atoms with Gasteiger partial charge in [0, 0.05) is 12.1 Å². The molecule has 0 heterocycles. The highest BCUT2D eigenvalue weighted by Crippen LogP contribution is 2.26. The van der Waals surface area contributed by atoms with Gasteiger partial charge >= 0.3 is 0 Å². The van der Waals surface area contributed by atoms with Crippen molar-refractivity contribution in [2.45, 2.75) is 51.6 Å². The maximum absolute atomic E-state index is 9.47. The molecule has 1 aliphatic rings. The van der Waals surface area contributed by atoms with Gasteiger partial charge in [-0.2, -0.15) is 0 Å². The molecule has 0 amide bonds. The van der Waals surface area contributed by atoms with E-state index in [4.69, 9.17) is 0 Å². The standard InChI is InChI=1S/C15H23NO/c1-11-6-8-14(9-7-11)16-12(2)13-4-3-5-15(17)10-13/h3-5,10-12,14,16-17H,6-9H2,1-2H3. The molecule has 1 saturated carbocycles. The first-order chi connectivity index (χ1) is 8.15. The third-order valence-electron chi connectivity index (χ3n) is 3.87. The van der Waals surface area contributed by atoms with Crippen molar-refractivity contribution in [2.75, 3.05) is 0 Å². The van der Waals surface area contributed by atoms with E-state index >= 15 is 0 Å². The minimum atomic E-state index is 0.320. The van der Waals surface area contributed by atoms with E-state index in [-0.39, 0.29) is 0 Å². The van der Waals surface area contributed by atoms with Gasteiger partial charge in [0.25, 0.3) is 0 Å². The number of hydrogen-bond donors (Lipinski definition) is 2. The normalized spacial score (nSPS) is 26.7. The van der Waals surface area contributed by atoms with E-state index in [1.807, 2.05) is 12.1 Å². The first-order valence-electron chi connectivity index (χ1n) is 6.70. The molecule has 0 aromatic heterocycles. The molecule has 2 N–H and O–H groups in total. The van der Waals surface area contributed by atoms with E-state index in [1.54, 1.807) is 6.07 Å². The van der Waals surface area contributed by atoms with Crippen LogP contribution in [0.5, 0.6) is 5.75 Å². The third-order valence-corrected chi connectivity index (χ3v) is 3.87. The van der Waals surface area contributed by atoms with Crippen LogP contribution in [0.15, 0.2) is 24.3 Å². The maximum atomic E-state index is 9.47. The van der Waals surface area contributed by atoms with E-state index in [1.165, 1.54) is 31.2 Å². The number of phenols is 1. The van der Waals surface area contributed by atoms with Gasteiger partial charge in [-0.05, 0) is 56.2 Å². The van der Waals surface area contributed by atoms with Gasteiger partial charge in [-0.25, -0.2) is 0 Å². The van der Waals surface area contributed by atoms with Crippen LogP contribution in [0.4, 0.5) is 0 Å². The number of aromatic hydroxyl groups is 1. The zero-order chi connectivity index (χ0) is 12.3. The van der Waals surface area contributed by atoms with Crippen LogP contribution in [0.25, 0.3) is 0 Å². The summed E-state index contributed by atoms with van der Waals surface area (Å²) in [6.45, 7) is 4.52. The van der Waals surface area contributed by atoms with Gasteiger partial charge in [0.2, 0.25) is 0 Å². The molecule has 0 spiro atoms. The lowest BCUT2D eigenvalue weighted by Crippen LogP contribution is -2.34. The van der Waals surface area contributed by atoms with Gasteiger partial charge in [-0.3, -0.25) is 0 Å². The third kappa shape index (κ3) is 3.47. The lowest BCUT2D eigenvalue weighted by molar-refractivity contribution is 0.291. The Bertz CT molecular complexity index is 356. The van der Waals surface area contributed by atoms with Crippen molar-refractivity contribution in [3.05, 3.63) is 29.8 Å². The molecule has 2 heteroatoms. The number of phenolic OH excluding ortho intramolecular Hbond substituents is 1. The highest BCUT2D eigenvalue weighted by molar-refractivity contribution is 5.29. The molecule has 2 rings (SSSR count). The monoisotopic (exact) mass is 233 g/mol. The summed E-state index contributed by atoms with van der Waals surface area (Å²) < 4.78 is 0. The second-order valence-electron chi connectivity index (χ2n) is 5.44. The van der Waals surface area contributed by atoms with E-state index < -0.39 is 0 Å². The molecule has 94 valence electrons. The van der Waals surface area contributed by atoms with Crippen molar-refractivity contribution in [3.63, 3.8) is 0 Å². The molecule has 1 fully saturated rings. The van der Waals surface area contributed by atoms with Crippen molar-refractivity contribution in [3.8, 4) is 5.75 Å². The van der Waals surface area contributed by atoms with Crippen LogP contribution in [0.3, 0.4) is 0 Å². The molecule has 1 aromatic carbocycles. The summed E-state index contributed by atoms with van der Waals surface area (Å²) in [7, 11) is 0. The van der Waals surface area contributed by atoms with E-state index in [0.29, 0.717) is 17.8 Å². The largest absolute Gasteiger partial charge is 0.508 e. The topological polar surface area (TPSA) is 32.3 Å². The van der Waals surface area contributed by atoms with Crippen molar-refractivity contribution in [1.29, 1.82) is 0 Å². The summed E-state index contributed by atoms with van der Waals surface area (Å²) in [6, 6.07) is 8.51. The second kappa shape index (κ2) is 5.54. The summed E-state index contributed by atoms with van der Waals surface area (Å²) in [5, 5.41) is 13.1. The van der Waals surface area contributed by atoms with Gasteiger partial charge < -0.3 is 10.4 Å². The van der Waals surface area contributed by atoms with Gasteiger partial charge in [0.1, 0.15) is 5.75 Å². The number of benzene rings is 1. The zero-order valence-electron chi connectivity index (χ0n) is 10.8. The van der Waals surface area contributed by atoms with Gasteiger partial charge in [0.15, 0.2) is 0 Å². The fraction of sp³-hybridized carbons (Fsp3) is 0.600. The SMILES string of the molecule is CC1CCC(NC(C)c2cccc(O)c2)CC1. The Morgan fingerprint density at radius 1 is 1.24 bits per heavy atom. The molecule has 1 aliphatic carbocycles. The minimum absolute atomic E-state index is 0.320. The van der Waals surface area contributed by atoms with Gasteiger partial charge in [-0.1, -0.05) is 19.1 Å². The highest BCUT2D eigenvalue weighted by Gasteiger charge is 2.19. The van der Waals surface area contributed by atoms with Gasteiger partial charge in [0.05, 0.1) is 0 Å². The smallest absolute Gasteiger partial charge is 0.115 e. The average Bonchev–Trinajstić information content (AvgIpc) is 2.32. The maximum Gasteiger partial charge on any atom is 0.115 e. The molecular weight excluding hydrogens is 210 g/mol. The van der Waals surface area contributed by atoms with Crippen molar-refractivity contribution in [1.82, 2.24) is 5.32 Å². The molecule has 0 radical (unpaired) electrons. The van der Waals surface area contributed by atoms with Crippen LogP contribution in [-0.4, -0.2) is 11.1 Å². The minimum Gasteiger partial charge on any atom is -0.508 e. The Labute approximate surface area is 104 Å². The molecule has 2 nitrogen and oxygen atoms in total. The molecule has 1 unspecified atom stereocenters. The summed E-state index contributed by atoms with van der Waals surface area (Å²) >= 11 is 0. The predicted molar refractivity (Wildman–Crippen MR) is 71.1 cm³/mol. The molecular formula is C15H23NO. The fourth-order valence-electron chi connectivity index (χ4n) is 2.67. The van der Waals surface area contributed by atoms with Crippen LogP contribution in [0.2, 0.25) is 0 Å². The second-order valence-corrected chi connectivity index (χ2v) is 5.44. The quantitative estimate of drug-likeness (QED) is 0.835. The Balaban J connectivity index is 1.90. The Kier molecular flexibility index (Phi) is 4.06.